The summed E-state index contributed by atoms with van der Waals surface area (Å²) in [5.74, 6) is -3.65. The van der Waals surface area contributed by atoms with Gasteiger partial charge in [-0.25, -0.2) is 9.59 Å². The monoisotopic (exact) mass is 613 g/mol. The Morgan fingerprint density at radius 1 is 0.818 bits per heavy atom. The first-order valence-electron chi connectivity index (χ1n) is 13.5. The molecule has 12 heteroatoms. The standard InChI is InChI=1S/C32H28ClN5O6/c1-17-7-6-11-23(33)27(17)37-32(44)36-25-15-19-9-3-2-8-18(19)14-22(25)29(39)38-28(31(42)43)35-26(30(40)41)16-21-13-20-10-4-5-12-24(20)34-21/h2-15,26,28,34-35H,16H2,1H3,(H,38,39)(H,40,41)(H,42,43)(H2,36,37,44)/t26-,28-/m0/s1. The Morgan fingerprint density at radius 2 is 1.50 bits per heavy atom. The van der Waals surface area contributed by atoms with Crippen molar-refractivity contribution >= 4 is 68.5 Å². The number of H-pyrrole nitrogens is 1. The second kappa shape index (κ2) is 12.9. The minimum absolute atomic E-state index is 0.0368. The van der Waals surface area contributed by atoms with Gasteiger partial charge in [0.2, 0.25) is 0 Å². The van der Waals surface area contributed by atoms with E-state index in [-0.39, 0.29) is 17.7 Å². The number of para-hydroxylation sites is 2. The number of aliphatic carboxylic acids is 2. The van der Waals surface area contributed by atoms with E-state index in [1.54, 1.807) is 61.5 Å². The van der Waals surface area contributed by atoms with Crippen LogP contribution in [0.25, 0.3) is 21.7 Å². The summed E-state index contributed by atoms with van der Waals surface area (Å²) in [6, 6.07) is 22.5. The molecule has 0 aliphatic heterocycles. The zero-order valence-corrected chi connectivity index (χ0v) is 24.1. The summed E-state index contributed by atoms with van der Waals surface area (Å²) in [6.07, 6.45) is -1.85. The third kappa shape index (κ3) is 6.80. The molecule has 0 fully saturated rings. The molecular weight excluding hydrogens is 586 g/mol. The second-order valence-corrected chi connectivity index (χ2v) is 10.6. The van der Waals surface area contributed by atoms with Crippen molar-refractivity contribution in [3.63, 3.8) is 0 Å². The topological polar surface area (TPSA) is 173 Å². The van der Waals surface area contributed by atoms with Crippen molar-refractivity contribution in [2.45, 2.75) is 25.6 Å². The second-order valence-electron chi connectivity index (χ2n) is 10.1. The molecule has 0 aliphatic rings. The van der Waals surface area contributed by atoms with Crippen LogP contribution in [0, 0.1) is 6.92 Å². The zero-order valence-electron chi connectivity index (χ0n) is 23.4. The van der Waals surface area contributed by atoms with E-state index in [2.05, 4.69) is 26.3 Å². The number of halogens is 1. The number of hydrogen-bond donors (Lipinski definition) is 7. The predicted octanol–water partition coefficient (Wildman–Crippen LogP) is 5.35. The van der Waals surface area contributed by atoms with Gasteiger partial charge >= 0.3 is 18.0 Å². The first kappa shape index (κ1) is 30.1. The average molecular weight is 614 g/mol. The van der Waals surface area contributed by atoms with Crippen molar-refractivity contribution in [3.05, 3.63) is 107 Å². The first-order chi connectivity index (χ1) is 21.1. The lowest BCUT2D eigenvalue weighted by atomic mass is 10.0. The number of carboxylic acid groups (broad SMARTS) is 2. The summed E-state index contributed by atoms with van der Waals surface area (Å²) in [5.41, 5.74) is 2.55. The molecule has 0 saturated carbocycles. The molecule has 0 bridgehead atoms. The Labute approximate surface area is 256 Å². The van der Waals surface area contributed by atoms with Crippen molar-refractivity contribution in [1.29, 1.82) is 0 Å². The molecule has 0 unspecified atom stereocenters. The van der Waals surface area contributed by atoms with Gasteiger partial charge in [0.05, 0.1) is 22.0 Å². The predicted molar refractivity (Wildman–Crippen MR) is 168 cm³/mol. The fraction of sp³-hybridized carbons (Fsp3) is 0.125. The number of amides is 3. The van der Waals surface area contributed by atoms with Crippen molar-refractivity contribution in [1.82, 2.24) is 15.6 Å². The summed E-state index contributed by atoms with van der Waals surface area (Å²) in [6.45, 7) is 1.78. The van der Waals surface area contributed by atoms with E-state index in [1.165, 1.54) is 6.07 Å². The largest absolute Gasteiger partial charge is 0.480 e. The van der Waals surface area contributed by atoms with Gasteiger partial charge in [-0.2, -0.15) is 0 Å². The number of anilines is 2. The normalized spacial score (nSPS) is 12.4. The lowest BCUT2D eigenvalue weighted by molar-refractivity contribution is -0.143. The highest BCUT2D eigenvalue weighted by Crippen LogP contribution is 2.27. The smallest absolute Gasteiger partial charge is 0.341 e. The van der Waals surface area contributed by atoms with Crippen LogP contribution in [0.3, 0.4) is 0 Å². The number of hydrogen-bond acceptors (Lipinski definition) is 5. The summed E-state index contributed by atoms with van der Waals surface area (Å²) in [4.78, 5) is 54.0. The molecule has 1 heterocycles. The number of carbonyl (C=O) groups is 4. The Hall–Kier alpha value is -5.39. The number of carbonyl (C=O) groups excluding carboxylic acids is 2. The van der Waals surface area contributed by atoms with Crippen LogP contribution in [0.1, 0.15) is 21.6 Å². The third-order valence-electron chi connectivity index (χ3n) is 7.04. The van der Waals surface area contributed by atoms with E-state index < -0.39 is 36.1 Å². The minimum atomic E-state index is -1.77. The number of aromatic nitrogens is 1. The number of benzene rings is 4. The molecule has 4 aromatic carbocycles. The molecule has 0 radical (unpaired) electrons. The number of aryl methyl sites for hydroxylation is 1. The lowest BCUT2D eigenvalue weighted by Gasteiger charge is -2.22. The van der Waals surface area contributed by atoms with Crippen LogP contribution in [-0.2, 0) is 16.0 Å². The van der Waals surface area contributed by atoms with E-state index >= 15 is 0 Å². The van der Waals surface area contributed by atoms with Crippen LogP contribution in [0.15, 0.2) is 84.9 Å². The maximum Gasteiger partial charge on any atom is 0.341 e. The van der Waals surface area contributed by atoms with Crippen molar-refractivity contribution in [2.24, 2.45) is 0 Å². The van der Waals surface area contributed by atoms with Crippen molar-refractivity contribution in [2.75, 3.05) is 10.6 Å². The van der Waals surface area contributed by atoms with Gasteiger partial charge in [0.25, 0.3) is 5.91 Å². The Bertz CT molecular complexity index is 1850. The molecule has 5 aromatic rings. The van der Waals surface area contributed by atoms with Gasteiger partial charge < -0.3 is 31.1 Å². The van der Waals surface area contributed by atoms with Gasteiger partial charge in [0.1, 0.15) is 6.04 Å². The molecule has 224 valence electrons. The van der Waals surface area contributed by atoms with Crippen molar-refractivity contribution < 1.29 is 29.4 Å². The highest BCUT2D eigenvalue weighted by Gasteiger charge is 2.29. The average Bonchev–Trinajstić information content (AvgIpc) is 3.40. The molecule has 2 atom stereocenters. The van der Waals surface area contributed by atoms with Crippen LogP contribution in [0.5, 0.6) is 0 Å². The van der Waals surface area contributed by atoms with Crippen LogP contribution >= 0.6 is 11.6 Å². The summed E-state index contributed by atoms with van der Waals surface area (Å²) < 4.78 is 0. The highest BCUT2D eigenvalue weighted by molar-refractivity contribution is 6.34. The molecule has 11 nitrogen and oxygen atoms in total. The van der Waals surface area contributed by atoms with Crippen LogP contribution in [0.4, 0.5) is 16.2 Å². The summed E-state index contributed by atoms with van der Waals surface area (Å²) in [5, 5.41) is 32.6. The van der Waals surface area contributed by atoms with Gasteiger partial charge in [-0.3, -0.25) is 14.9 Å². The van der Waals surface area contributed by atoms with Crippen LogP contribution in [-0.4, -0.2) is 51.3 Å². The molecular formula is C32H28ClN5O6. The van der Waals surface area contributed by atoms with E-state index in [4.69, 9.17) is 11.6 Å². The third-order valence-corrected chi connectivity index (χ3v) is 7.35. The molecule has 0 spiro atoms. The molecule has 5 rings (SSSR count). The van der Waals surface area contributed by atoms with Crippen LogP contribution < -0.4 is 21.3 Å². The number of carboxylic acids is 2. The SMILES string of the molecule is Cc1cccc(Cl)c1NC(=O)Nc1cc2ccccc2cc1C(=O)N[C@H](N[C@@H](Cc1cc2ccccc2[nH]1)C(=O)O)C(=O)O. The fourth-order valence-corrected chi connectivity index (χ4v) is 5.12. The molecule has 44 heavy (non-hydrogen) atoms. The molecule has 7 N–H and O–H groups in total. The maximum absolute atomic E-state index is 13.5. The molecule has 1 aromatic heterocycles. The number of aromatic amines is 1. The van der Waals surface area contributed by atoms with Gasteiger partial charge in [0.15, 0.2) is 6.17 Å². The maximum atomic E-state index is 13.5. The number of urea groups is 1. The first-order valence-corrected chi connectivity index (χ1v) is 13.9. The molecule has 0 aliphatic carbocycles. The van der Waals surface area contributed by atoms with E-state index in [0.717, 1.165) is 16.5 Å². The Balaban J connectivity index is 1.38. The minimum Gasteiger partial charge on any atom is -0.480 e. The van der Waals surface area contributed by atoms with Gasteiger partial charge in [-0.05, 0) is 59.0 Å². The van der Waals surface area contributed by atoms with Gasteiger partial charge in [-0.1, -0.05) is 66.2 Å². The quantitative estimate of drug-likeness (QED) is 0.104. The fourth-order valence-electron chi connectivity index (χ4n) is 4.85. The molecule has 3 amide bonds. The Kier molecular flexibility index (Phi) is 8.79. The molecule has 0 saturated heterocycles. The van der Waals surface area contributed by atoms with E-state index in [0.29, 0.717) is 27.2 Å². The zero-order chi connectivity index (χ0) is 31.4. The van der Waals surface area contributed by atoms with Crippen molar-refractivity contribution in [3.8, 4) is 0 Å². The van der Waals surface area contributed by atoms with E-state index in [1.807, 2.05) is 24.3 Å². The summed E-state index contributed by atoms with van der Waals surface area (Å²) in [7, 11) is 0. The van der Waals surface area contributed by atoms with E-state index in [9.17, 15) is 29.4 Å². The number of rotatable bonds is 10. The van der Waals surface area contributed by atoms with Gasteiger partial charge in [0, 0.05) is 17.6 Å². The highest BCUT2D eigenvalue weighted by atomic mass is 35.5. The number of fused-ring (bicyclic) bond motifs is 2. The number of nitrogens with one attached hydrogen (secondary N) is 5. The lowest BCUT2D eigenvalue weighted by Crippen LogP contribution is -2.56. The Morgan fingerprint density at radius 3 is 2.16 bits per heavy atom. The van der Waals surface area contributed by atoms with Gasteiger partial charge in [-0.15, -0.1) is 0 Å². The summed E-state index contributed by atoms with van der Waals surface area (Å²) >= 11 is 6.25. The van der Waals surface area contributed by atoms with Crippen LogP contribution in [0.2, 0.25) is 5.02 Å².